The van der Waals surface area contributed by atoms with Crippen LogP contribution < -0.4 is 0 Å². The van der Waals surface area contributed by atoms with Crippen LogP contribution in [0.15, 0.2) is 0 Å². The summed E-state index contributed by atoms with van der Waals surface area (Å²) in [5, 5.41) is 0. The second-order valence-corrected chi connectivity index (χ2v) is 4.35. The van der Waals surface area contributed by atoms with Crippen LogP contribution in [0, 0.1) is 5.92 Å². The smallest absolute Gasteiger partial charge is 0.306 e. The lowest BCUT2D eigenvalue weighted by molar-refractivity contribution is -0.156. The Hall–Kier alpha value is -0.570. The molecular weight excluding hydrogens is 168 g/mol. The summed E-state index contributed by atoms with van der Waals surface area (Å²) >= 11 is 0. The van der Waals surface area contributed by atoms with Gasteiger partial charge < -0.3 is 9.47 Å². The van der Waals surface area contributed by atoms with Crippen molar-refractivity contribution in [3.63, 3.8) is 0 Å². The van der Waals surface area contributed by atoms with Crippen LogP contribution in [0.4, 0.5) is 0 Å². The Morgan fingerprint density at radius 1 is 1.38 bits per heavy atom. The first-order valence-corrected chi connectivity index (χ1v) is 4.56. The van der Waals surface area contributed by atoms with Crippen LogP contribution in [0.5, 0.6) is 0 Å². The second kappa shape index (κ2) is 5.22. The molecule has 3 nitrogen and oxygen atoms in total. The quantitative estimate of drug-likeness (QED) is 0.633. The molecule has 0 saturated carbocycles. The van der Waals surface area contributed by atoms with E-state index in [4.69, 9.17) is 9.47 Å². The Morgan fingerprint density at radius 3 is 2.31 bits per heavy atom. The average molecular weight is 188 g/mol. The zero-order chi connectivity index (χ0) is 10.5. The van der Waals surface area contributed by atoms with Gasteiger partial charge in [-0.15, -0.1) is 0 Å². The van der Waals surface area contributed by atoms with E-state index in [1.165, 1.54) is 0 Å². The number of hydrogen-bond acceptors (Lipinski definition) is 3. The summed E-state index contributed by atoms with van der Waals surface area (Å²) in [5.41, 5.74) is -0.385. The number of carbonyl (C=O) groups is 1. The van der Waals surface area contributed by atoms with Crippen molar-refractivity contribution in [2.75, 3.05) is 13.7 Å². The molecular formula is C10H20O3. The van der Waals surface area contributed by atoms with Gasteiger partial charge in [0, 0.05) is 13.7 Å². The third-order valence-corrected chi connectivity index (χ3v) is 1.39. The highest BCUT2D eigenvalue weighted by Crippen LogP contribution is 2.11. The van der Waals surface area contributed by atoms with E-state index in [2.05, 4.69) is 0 Å². The SMILES string of the molecule is COC[C@H](C)CC(=O)OC(C)(C)C. The predicted molar refractivity (Wildman–Crippen MR) is 51.5 cm³/mol. The average Bonchev–Trinajstić information content (AvgIpc) is 1.81. The molecule has 0 radical (unpaired) electrons. The van der Waals surface area contributed by atoms with E-state index in [1.807, 2.05) is 27.7 Å². The molecule has 0 aliphatic carbocycles. The molecule has 0 spiro atoms. The summed E-state index contributed by atoms with van der Waals surface area (Å²) in [4.78, 5) is 11.3. The summed E-state index contributed by atoms with van der Waals surface area (Å²) in [7, 11) is 1.63. The standard InChI is InChI=1S/C10H20O3/c1-8(7-12-5)6-9(11)13-10(2,3)4/h8H,6-7H2,1-5H3/t8-/m1/s1. The van der Waals surface area contributed by atoms with E-state index in [1.54, 1.807) is 7.11 Å². The molecule has 0 N–H and O–H groups in total. The first-order chi connectivity index (χ1) is 5.85. The van der Waals surface area contributed by atoms with Crippen LogP contribution in [0.1, 0.15) is 34.1 Å². The molecule has 0 aromatic heterocycles. The maximum atomic E-state index is 11.3. The molecule has 0 aromatic rings. The van der Waals surface area contributed by atoms with Crippen LogP contribution in [0.3, 0.4) is 0 Å². The summed E-state index contributed by atoms with van der Waals surface area (Å²) in [5.74, 6) is 0.0666. The van der Waals surface area contributed by atoms with Crippen LogP contribution in [0.25, 0.3) is 0 Å². The monoisotopic (exact) mass is 188 g/mol. The Kier molecular flexibility index (Phi) is 4.99. The zero-order valence-electron chi connectivity index (χ0n) is 9.22. The molecule has 0 saturated heterocycles. The second-order valence-electron chi connectivity index (χ2n) is 4.35. The lowest BCUT2D eigenvalue weighted by Crippen LogP contribution is -2.25. The number of carbonyl (C=O) groups excluding carboxylic acids is 1. The molecule has 0 rings (SSSR count). The van der Waals surface area contributed by atoms with Crippen molar-refractivity contribution in [2.24, 2.45) is 5.92 Å². The van der Waals surface area contributed by atoms with E-state index in [0.717, 1.165) is 0 Å². The van der Waals surface area contributed by atoms with Crippen molar-refractivity contribution in [1.82, 2.24) is 0 Å². The minimum Gasteiger partial charge on any atom is -0.460 e. The maximum Gasteiger partial charge on any atom is 0.306 e. The molecule has 0 aromatic carbocycles. The van der Waals surface area contributed by atoms with Gasteiger partial charge in [0.25, 0.3) is 0 Å². The third kappa shape index (κ3) is 7.78. The van der Waals surface area contributed by atoms with E-state index >= 15 is 0 Å². The molecule has 0 bridgehead atoms. The highest BCUT2D eigenvalue weighted by molar-refractivity contribution is 5.70. The van der Waals surface area contributed by atoms with E-state index in [-0.39, 0.29) is 17.5 Å². The Balaban J connectivity index is 3.74. The van der Waals surface area contributed by atoms with E-state index < -0.39 is 0 Å². The number of esters is 1. The van der Waals surface area contributed by atoms with Crippen molar-refractivity contribution < 1.29 is 14.3 Å². The molecule has 0 amide bonds. The van der Waals surface area contributed by atoms with Gasteiger partial charge in [0.1, 0.15) is 5.60 Å². The molecule has 78 valence electrons. The van der Waals surface area contributed by atoms with Gasteiger partial charge in [0.05, 0.1) is 6.42 Å². The largest absolute Gasteiger partial charge is 0.460 e. The van der Waals surface area contributed by atoms with Crippen LogP contribution in [0.2, 0.25) is 0 Å². The van der Waals surface area contributed by atoms with Crippen molar-refractivity contribution in [1.29, 1.82) is 0 Å². The topological polar surface area (TPSA) is 35.5 Å². The lowest BCUT2D eigenvalue weighted by atomic mass is 10.1. The molecule has 0 heterocycles. The fraction of sp³-hybridized carbons (Fsp3) is 0.900. The summed E-state index contributed by atoms with van der Waals surface area (Å²) < 4.78 is 10.1. The fourth-order valence-corrected chi connectivity index (χ4v) is 1.01. The van der Waals surface area contributed by atoms with Gasteiger partial charge in [0.15, 0.2) is 0 Å². The van der Waals surface area contributed by atoms with Crippen LogP contribution >= 0.6 is 0 Å². The molecule has 3 heteroatoms. The fourth-order valence-electron chi connectivity index (χ4n) is 1.01. The van der Waals surface area contributed by atoms with Gasteiger partial charge in [-0.25, -0.2) is 0 Å². The first-order valence-electron chi connectivity index (χ1n) is 4.56. The third-order valence-electron chi connectivity index (χ3n) is 1.39. The summed E-state index contributed by atoms with van der Waals surface area (Å²) in [6.45, 7) is 8.16. The van der Waals surface area contributed by atoms with Gasteiger partial charge >= 0.3 is 5.97 Å². The normalized spacial score (nSPS) is 13.9. The molecule has 0 aliphatic rings. The number of rotatable bonds is 4. The van der Waals surface area contributed by atoms with Gasteiger partial charge in [-0.1, -0.05) is 6.92 Å². The predicted octanol–water partition coefficient (Wildman–Crippen LogP) is 2.00. The first kappa shape index (κ1) is 12.4. The van der Waals surface area contributed by atoms with E-state index in [0.29, 0.717) is 13.0 Å². The maximum absolute atomic E-state index is 11.3. The van der Waals surface area contributed by atoms with Crippen molar-refractivity contribution in [2.45, 2.75) is 39.7 Å². The van der Waals surface area contributed by atoms with E-state index in [9.17, 15) is 4.79 Å². The Morgan fingerprint density at radius 2 is 1.92 bits per heavy atom. The number of hydrogen-bond donors (Lipinski definition) is 0. The Labute approximate surface area is 80.4 Å². The molecule has 1 atom stereocenters. The minimum atomic E-state index is -0.385. The lowest BCUT2D eigenvalue weighted by Gasteiger charge is -2.20. The minimum absolute atomic E-state index is 0.156. The van der Waals surface area contributed by atoms with Crippen molar-refractivity contribution in [3.8, 4) is 0 Å². The van der Waals surface area contributed by atoms with Crippen LogP contribution in [-0.4, -0.2) is 25.3 Å². The molecule has 0 unspecified atom stereocenters. The number of ether oxygens (including phenoxy) is 2. The van der Waals surface area contributed by atoms with Gasteiger partial charge in [0.2, 0.25) is 0 Å². The van der Waals surface area contributed by atoms with Crippen molar-refractivity contribution in [3.05, 3.63) is 0 Å². The molecule has 0 fully saturated rings. The van der Waals surface area contributed by atoms with Gasteiger partial charge in [-0.2, -0.15) is 0 Å². The van der Waals surface area contributed by atoms with Gasteiger partial charge in [-0.05, 0) is 26.7 Å². The van der Waals surface area contributed by atoms with Crippen molar-refractivity contribution >= 4 is 5.97 Å². The summed E-state index contributed by atoms with van der Waals surface area (Å²) in [6.07, 6.45) is 0.422. The summed E-state index contributed by atoms with van der Waals surface area (Å²) in [6, 6.07) is 0. The highest BCUT2D eigenvalue weighted by atomic mass is 16.6. The van der Waals surface area contributed by atoms with Crippen LogP contribution in [-0.2, 0) is 14.3 Å². The zero-order valence-corrected chi connectivity index (χ0v) is 9.22. The molecule has 0 aliphatic heterocycles. The number of methoxy groups -OCH3 is 1. The Bertz CT molecular complexity index is 158. The molecule has 13 heavy (non-hydrogen) atoms. The van der Waals surface area contributed by atoms with Gasteiger partial charge in [-0.3, -0.25) is 4.79 Å². The highest BCUT2D eigenvalue weighted by Gasteiger charge is 2.18.